The summed E-state index contributed by atoms with van der Waals surface area (Å²) in [6.07, 6.45) is 1.47. The minimum absolute atomic E-state index is 0.000749. The quantitative estimate of drug-likeness (QED) is 0.883. The first-order chi connectivity index (χ1) is 8.78. The van der Waals surface area contributed by atoms with Crippen molar-refractivity contribution in [3.8, 4) is 0 Å². The number of fused-ring (bicyclic) bond motifs is 1. The summed E-state index contributed by atoms with van der Waals surface area (Å²) in [4.78, 5) is 2.66. The lowest BCUT2D eigenvalue weighted by molar-refractivity contribution is 0.586. The van der Waals surface area contributed by atoms with Crippen LogP contribution in [0.25, 0.3) is 11.0 Å². The topological polar surface area (TPSA) is 54.9 Å². The Labute approximate surface area is 114 Å². The first-order valence-electron chi connectivity index (χ1n) is 5.53. The van der Waals surface area contributed by atoms with Crippen LogP contribution in [0.5, 0.6) is 0 Å². The Morgan fingerprint density at radius 1 is 1.37 bits per heavy atom. The molecule has 1 aromatic heterocycles. The number of nitrogens with zero attached hydrogens (tertiary/aromatic N) is 1. The maximum Gasteiger partial charge on any atom is 0.178 e. The molecule has 0 bridgehead atoms. The van der Waals surface area contributed by atoms with Crippen molar-refractivity contribution in [1.82, 2.24) is 9.55 Å². The van der Waals surface area contributed by atoms with E-state index in [-0.39, 0.29) is 22.6 Å². The monoisotopic (exact) mass is 306 g/mol. The molecule has 1 N–H and O–H groups in total. The first-order valence-corrected chi connectivity index (χ1v) is 8.00. The first kappa shape index (κ1) is 14.1. The van der Waals surface area contributed by atoms with Gasteiger partial charge in [0, 0.05) is 18.9 Å². The second-order valence-electron chi connectivity index (χ2n) is 4.35. The summed E-state index contributed by atoms with van der Waals surface area (Å²) in [5, 5.41) is 0. The number of rotatable bonds is 4. The van der Waals surface area contributed by atoms with Crippen LogP contribution in [0.1, 0.15) is 6.42 Å². The zero-order valence-corrected chi connectivity index (χ0v) is 11.7. The molecule has 2 aromatic rings. The van der Waals surface area contributed by atoms with Gasteiger partial charge in [-0.15, -0.1) is 0 Å². The highest BCUT2D eigenvalue weighted by Crippen LogP contribution is 2.19. The molecule has 8 heteroatoms. The van der Waals surface area contributed by atoms with Gasteiger partial charge in [-0.25, -0.2) is 17.2 Å². The molecule has 0 spiro atoms. The molecule has 1 heterocycles. The van der Waals surface area contributed by atoms with Gasteiger partial charge in [-0.05, 0) is 24.7 Å². The molecule has 0 saturated heterocycles. The molecule has 19 heavy (non-hydrogen) atoms. The number of benzene rings is 1. The standard InChI is InChI=1S/C11H12F2N2O2S2/c1-19(16,17)4-2-3-15-9-6-7(12)5-8(13)10(9)14-11(15)18/h5-6H,2-4H2,1H3,(H,14,18). The van der Waals surface area contributed by atoms with Gasteiger partial charge in [-0.2, -0.15) is 0 Å². The minimum Gasteiger partial charge on any atom is -0.328 e. The van der Waals surface area contributed by atoms with E-state index in [0.29, 0.717) is 11.9 Å². The fourth-order valence-corrected chi connectivity index (χ4v) is 2.83. The van der Waals surface area contributed by atoms with Crippen molar-refractivity contribution in [3.05, 3.63) is 28.5 Å². The van der Waals surface area contributed by atoms with Gasteiger partial charge in [-0.1, -0.05) is 0 Å². The Morgan fingerprint density at radius 3 is 2.68 bits per heavy atom. The van der Waals surface area contributed by atoms with Crippen LogP contribution in [0.15, 0.2) is 12.1 Å². The highest BCUT2D eigenvalue weighted by Gasteiger charge is 2.11. The summed E-state index contributed by atoms with van der Waals surface area (Å²) in [5.41, 5.74) is 0.432. The average molecular weight is 306 g/mol. The smallest absolute Gasteiger partial charge is 0.178 e. The number of sulfone groups is 1. The molecule has 0 atom stereocenters. The van der Waals surface area contributed by atoms with E-state index in [1.165, 1.54) is 10.6 Å². The number of halogens is 2. The zero-order valence-electron chi connectivity index (χ0n) is 10.1. The highest BCUT2D eigenvalue weighted by molar-refractivity contribution is 7.90. The predicted octanol–water partition coefficient (Wildman–Crippen LogP) is 2.41. The van der Waals surface area contributed by atoms with Crippen molar-refractivity contribution in [1.29, 1.82) is 0 Å². The van der Waals surface area contributed by atoms with Gasteiger partial charge in [0.2, 0.25) is 0 Å². The maximum absolute atomic E-state index is 13.5. The van der Waals surface area contributed by atoms with Gasteiger partial charge >= 0.3 is 0 Å². The number of aromatic nitrogens is 2. The van der Waals surface area contributed by atoms with Crippen LogP contribution in [0.4, 0.5) is 8.78 Å². The van der Waals surface area contributed by atoms with E-state index in [2.05, 4.69) is 4.98 Å². The summed E-state index contributed by atoms with van der Waals surface area (Å²) in [6, 6.07) is 1.94. The van der Waals surface area contributed by atoms with E-state index in [1.807, 2.05) is 0 Å². The van der Waals surface area contributed by atoms with Gasteiger partial charge in [0.1, 0.15) is 21.2 Å². The maximum atomic E-state index is 13.5. The summed E-state index contributed by atoms with van der Waals surface area (Å²) in [5.74, 6) is -1.42. The van der Waals surface area contributed by atoms with Gasteiger partial charge in [0.05, 0.1) is 11.3 Å². The minimum atomic E-state index is -3.07. The SMILES string of the molecule is CS(=O)(=O)CCCn1c(=S)[nH]c2c(F)cc(F)cc21. The third kappa shape index (κ3) is 3.19. The lowest BCUT2D eigenvalue weighted by Crippen LogP contribution is -2.07. The van der Waals surface area contributed by atoms with Crippen molar-refractivity contribution < 1.29 is 17.2 Å². The van der Waals surface area contributed by atoms with Gasteiger partial charge in [-0.3, -0.25) is 0 Å². The van der Waals surface area contributed by atoms with Crippen LogP contribution < -0.4 is 0 Å². The predicted molar refractivity (Wildman–Crippen MR) is 71.4 cm³/mol. The Bertz CT molecular complexity index is 778. The second-order valence-corrected chi connectivity index (χ2v) is 6.99. The number of hydrogen-bond acceptors (Lipinski definition) is 3. The molecule has 2 rings (SSSR count). The number of imidazole rings is 1. The second kappa shape index (κ2) is 5.01. The van der Waals surface area contributed by atoms with Crippen molar-refractivity contribution in [2.75, 3.05) is 12.0 Å². The zero-order chi connectivity index (χ0) is 14.2. The van der Waals surface area contributed by atoms with Crippen LogP contribution in [-0.4, -0.2) is 30.0 Å². The van der Waals surface area contributed by atoms with Crippen LogP contribution in [-0.2, 0) is 16.4 Å². The van der Waals surface area contributed by atoms with Crippen LogP contribution in [0.3, 0.4) is 0 Å². The summed E-state index contributed by atoms with van der Waals surface area (Å²) >= 11 is 5.03. The Hall–Kier alpha value is -1.28. The molecule has 0 fully saturated rings. The van der Waals surface area contributed by atoms with Crippen molar-refractivity contribution in [2.24, 2.45) is 0 Å². The van der Waals surface area contributed by atoms with Gasteiger partial charge in [0.25, 0.3) is 0 Å². The molecule has 0 aliphatic carbocycles. The van der Waals surface area contributed by atoms with E-state index >= 15 is 0 Å². The Kier molecular flexibility index (Phi) is 3.73. The highest BCUT2D eigenvalue weighted by atomic mass is 32.2. The molecule has 104 valence electrons. The van der Waals surface area contributed by atoms with Crippen molar-refractivity contribution in [2.45, 2.75) is 13.0 Å². The summed E-state index contributed by atoms with van der Waals surface area (Å²) < 4.78 is 50.6. The number of nitrogens with one attached hydrogen (secondary N) is 1. The molecule has 1 aromatic carbocycles. The third-order valence-corrected chi connectivity index (χ3v) is 4.05. The molecule has 0 aliphatic heterocycles. The molecule has 0 unspecified atom stereocenters. The van der Waals surface area contributed by atoms with E-state index < -0.39 is 21.5 Å². The lowest BCUT2D eigenvalue weighted by atomic mass is 10.3. The van der Waals surface area contributed by atoms with Gasteiger partial charge < -0.3 is 9.55 Å². The fraction of sp³-hybridized carbons (Fsp3) is 0.364. The number of H-pyrrole nitrogens is 1. The molecule has 0 saturated carbocycles. The van der Waals surface area contributed by atoms with Crippen LogP contribution in [0, 0.1) is 16.4 Å². The van der Waals surface area contributed by atoms with Crippen molar-refractivity contribution >= 4 is 33.1 Å². The molecular formula is C11H12F2N2O2S2. The van der Waals surface area contributed by atoms with Crippen molar-refractivity contribution in [3.63, 3.8) is 0 Å². The number of aryl methyl sites for hydroxylation is 1. The van der Waals surface area contributed by atoms with Crippen LogP contribution in [0.2, 0.25) is 0 Å². The molecule has 0 radical (unpaired) electrons. The van der Waals surface area contributed by atoms with E-state index in [4.69, 9.17) is 12.2 Å². The lowest BCUT2D eigenvalue weighted by Gasteiger charge is -2.04. The summed E-state index contributed by atoms with van der Waals surface area (Å²) in [6.45, 7) is 0.287. The molecule has 0 aliphatic rings. The molecule has 0 amide bonds. The summed E-state index contributed by atoms with van der Waals surface area (Å²) in [7, 11) is -3.07. The van der Waals surface area contributed by atoms with Gasteiger partial charge in [0.15, 0.2) is 10.6 Å². The fourth-order valence-electron chi connectivity index (χ4n) is 1.89. The third-order valence-electron chi connectivity index (χ3n) is 2.70. The van der Waals surface area contributed by atoms with E-state index in [0.717, 1.165) is 12.3 Å². The molecule has 4 nitrogen and oxygen atoms in total. The number of aromatic amines is 1. The van der Waals surface area contributed by atoms with Crippen LogP contribution >= 0.6 is 12.2 Å². The number of hydrogen-bond donors (Lipinski definition) is 1. The largest absolute Gasteiger partial charge is 0.328 e. The Balaban J connectivity index is 2.38. The normalized spacial score (nSPS) is 12.2. The Morgan fingerprint density at radius 2 is 2.05 bits per heavy atom. The van der Waals surface area contributed by atoms with E-state index in [9.17, 15) is 17.2 Å². The van der Waals surface area contributed by atoms with E-state index in [1.54, 1.807) is 0 Å². The average Bonchev–Trinajstić information content (AvgIpc) is 2.55. The molecular weight excluding hydrogens is 294 g/mol.